The number of phosphoric acid groups is 1. The van der Waals surface area contributed by atoms with Crippen LogP contribution in [0.15, 0.2) is 48.6 Å². The molecule has 0 spiro atoms. The molecule has 0 bridgehead atoms. The van der Waals surface area contributed by atoms with Crippen LogP contribution in [0, 0.1) is 0 Å². The van der Waals surface area contributed by atoms with Crippen LogP contribution in [-0.4, -0.2) is 49.3 Å². The second kappa shape index (κ2) is 47.4. The Bertz CT molecular complexity index is 1140. The van der Waals surface area contributed by atoms with Gasteiger partial charge in [-0.25, -0.2) is 4.57 Å². The summed E-state index contributed by atoms with van der Waals surface area (Å²) in [7, 11) is -4.39. The van der Waals surface area contributed by atoms with Crippen LogP contribution >= 0.6 is 7.82 Å². The van der Waals surface area contributed by atoms with Crippen molar-refractivity contribution in [3.8, 4) is 0 Å². The molecule has 0 aliphatic carbocycles. The van der Waals surface area contributed by atoms with Crippen LogP contribution in [0.5, 0.6) is 0 Å². The van der Waals surface area contributed by atoms with Crippen LogP contribution in [0.3, 0.4) is 0 Å². The molecular weight excluding hydrogens is 786 g/mol. The highest BCUT2D eigenvalue weighted by Gasteiger charge is 2.26. The number of ether oxygens (including phenoxy) is 2. The summed E-state index contributed by atoms with van der Waals surface area (Å²) in [5, 5.41) is 0. The lowest BCUT2D eigenvalue weighted by Gasteiger charge is -2.19. The van der Waals surface area contributed by atoms with Gasteiger partial charge in [0.1, 0.15) is 6.61 Å². The number of nitrogens with two attached hydrogens (primary N) is 1. The SMILES string of the molecule is CC/C=C\C/C=C\C/C=C\C/C=C\CCCCCCC(=O)OC(COC(=O)CCCCCCCCCCCCCCCCCCCCCCCCC)COP(=O)(O)OCCN. The van der Waals surface area contributed by atoms with E-state index in [1.165, 1.54) is 128 Å². The number of hydrogen-bond acceptors (Lipinski definition) is 8. The lowest BCUT2D eigenvalue weighted by atomic mass is 10.0. The van der Waals surface area contributed by atoms with Crippen molar-refractivity contribution in [2.75, 3.05) is 26.4 Å². The molecule has 0 aliphatic rings. The van der Waals surface area contributed by atoms with Crippen LogP contribution in [0.4, 0.5) is 0 Å². The molecular formula is C51H94NO8P. The quantitative estimate of drug-likeness (QED) is 0.0265. The topological polar surface area (TPSA) is 134 Å². The molecule has 2 unspecified atom stereocenters. The van der Waals surface area contributed by atoms with Crippen LogP contribution in [0.2, 0.25) is 0 Å². The Balaban J connectivity index is 4.04. The molecule has 0 amide bonds. The van der Waals surface area contributed by atoms with E-state index in [1.807, 2.05) is 0 Å². The smallest absolute Gasteiger partial charge is 0.462 e. The Kier molecular flexibility index (Phi) is 45.9. The molecule has 10 heteroatoms. The summed E-state index contributed by atoms with van der Waals surface area (Å²) in [5.74, 6) is -0.849. The number of allylic oxidation sites excluding steroid dienone is 8. The molecule has 356 valence electrons. The van der Waals surface area contributed by atoms with Crippen molar-refractivity contribution < 1.29 is 37.6 Å². The molecule has 0 saturated carbocycles. The van der Waals surface area contributed by atoms with Gasteiger partial charge in [-0.3, -0.25) is 18.6 Å². The van der Waals surface area contributed by atoms with Gasteiger partial charge in [-0.05, 0) is 51.4 Å². The van der Waals surface area contributed by atoms with Gasteiger partial charge in [-0.15, -0.1) is 0 Å². The summed E-state index contributed by atoms with van der Waals surface area (Å²) in [5.41, 5.74) is 5.36. The normalized spacial score (nSPS) is 13.6. The van der Waals surface area contributed by atoms with Crippen LogP contribution in [0.1, 0.15) is 232 Å². The summed E-state index contributed by atoms with van der Waals surface area (Å²) in [6, 6.07) is 0. The van der Waals surface area contributed by atoms with Gasteiger partial charge < -0.3 is 20.1 Å². The Morgan fingerprint density at radius 1 is 0.508 bits per heavy atom. The molecule has 3 N–H and O–H groups in total. The van der Waals surface area contributed by atoms with Gasteiger partial charge in [0.05, 0.1) is 13.2 Å². The number of phosphoric ester groups is 1. The predicted molar refractivity (Wildman–Crippen MR) is 257 cm³/mol. The number of hydrogen-bond donors (Lipinski definition) is 2. The zero-order valence-electron chi connectivity index (χ0n) is 39.4. The average molecular weight is 880 g/mol. The third-order valence-corrected chi connectivity index (χ3v) is 11.7. The largest absolute Gasteiger partial charge is 0.472 e. The van der Waals surface area contributed by atoms with E-state index in [0.717, 1.165) is 70.6 Å². The molecule has 9 nitrogen and oxygen atoms in total. The van der Waals surface area contributed by atoms with Crippen LogP contribution in [0.25, 0.3) is 0 Å². The third kappa shape index (κ3) is 47.3. The fourth-order valence-electron chi connectivity index (χ4n) is 7.04. The molecule has 0 aromatic rings. The Morgan fingerprint density at radius 3 is 1.34 bits per heavy atom. The zero-order chi connectivity index (χ0) is 44.6. The second-order valence-electron chi connectivity index (χ2n) is 16.7. The van der Waals surface area contributed by atoms with Crippen molar-refractivity contribution in [1.82, 2.24) is 0 Å². The van der Waals surface area contributed by atoms with Crippen molar-refractivity contribution in [2.45, 2.75) is 238 Å². The van der Waals surface area contributed by atoms with E-state index >= 15 is 0 Å². The zero-order valence-corrected chi connectivity index (χ0v) is 40.3. The van der Waals surface area contributed by atoms with Crippen molar-refractivity contribution in [1.29, 1.82) is 0 Å². The van der Waals surface area contributed by atoms with Gasteiger partial charge >= 0.3 is 19.8 Å². The van der Waals surface area contributed by atoms with Gasteiger partial charge in [0, 0.05) is 19.4 Å². The molecule has 0 aromatic heterocycles. The first kappa shape index (κ1) is 59.0. The highest BCUT2D eigenvalue weighted by molar-refractivity contribution is 7.47. The van der Waals surface area contributed by atoms with Crippen molar-refractivity contribution in [2.24, 2.45) is 5.73 Å². The number of carbonyl (C=O) groups is 2. The Hall–Kier alpha value is -2.03. The molecule has 2 atom stereocenters. The third-order valence-electron chi connectivity index (χ3n) is 10.7. The van der Waals surface area contributed by atoms with Gasteiger partial charge in [0.25, 0.3) is 0 Å². The standard InChI is InChI=1S/C51H94NO8P/c1-3-5-7-9-11-13-15-17-19-21-22-23-24-25-26-28-29-31-33-35-37-39-41-43-50(53)57-47-49(48-59-61(55,56)58-46-45-52)60-51(54)44-42-40-38-36-34-32-30-27-20-18-16-14-12-10-8-6-4-2/h6,8,12,14,18,20,30,32,49H,3-5,7,9-11,13,15-17,19,21-29,31,33-48,52H2,1-2H3,(H,55,56)/b8-6-,14-12-,20-18-,32-30-. The van der Waals surface area contributed by atoms with E-state index in [1.54, 1.807) is 0 Å². The van der Waals surface area contributed by atoms with Crippen LogP contribution in [-0.2, 0) is 32.7 Å². The molecule has 0 aromatic carbocycles. The lowest BCUT2D eigenvalue weighted by Crippen LogP contribution is -2.29. The molecule has 61 heavy (non-hydrogen) atoms. The monoisotopic (exact) mass is 880 g/mol. The van der Waals surface area contributed by atoms with Gasteiger partial charge in [-0.2, -0.15) is 0 Å². The molecule has 0 heterocycles. The van der Waals surface area contributed by atoms with Gasteiger partial charge in [-0.1, -0.05) is 217 Å². The van der Waals surface area contributed by atoms with E-state index in [9.17, 15) is 19.0 Å². The molecule has 0 rings (SSSR count). The second-order valence-corrected chi connectivity index (χ2v) is 18.1. The molecule has 0 aliphatic heterocycles. The fourth-order valence-corrected chi connectivity index (χ4v) is 7.80. The van der Waals surface area contributed by atoms with Gasteiger partial charge in [0.15, 0.2) is 6.10 Å². The first-order chi connectivity index (χ1) is 29.8. The van der Waals surface area contributed by atoms with E-state index in [2.05, 4.69) is 62.5 Å². The average Bonchev–Trinajstić information content (AvgIpc) is 3.25. The van der Waals surface area contributed by atoms with E-state index < -0.39 is 26.5 Å². The van der Waals surface area contributed by atoms with Crippen molar-refractivity contribution >= 4 is 19.8 Å². The lowest BCUT2D eigenvalue weighted by molar-refractivity contribution is -0.161. The first-order valence-electron chi connectivity index (χ1n) is 25.1. The van der Waals surface area contributed by atoms with Crippen molar-refractivity contribution in [3.05, 3.63) is 48.6 Å². The summed E-state index contributed by atoms with van der Waals surface area (Å²) in [4.78, 5) is 35.0. The minimum absolute atomic E-state index is 0.0486. The maximum atomic E-state index is 12.6. The van der Waals surface area contributed by atoms with Gasteiger partial charge in [0.2, 0.25) is 0 Å². The summed E-state index contributed by atoms with van der Waals surface area (Å²) < 4.78 is 32.9. The fraction of sp³-hybridized carbons (Fsp3) is 0.804. The highest BCUT2D eigenvalue weighted by Crippen LogP contribution is 2.43. The molecule has 0 fully saturated rings. The Labute approximate surface area is 375 Å². The number of carbonyl (C=O) groups excluding carboxylic acids is 2. The van der Waals surface area contributed by atoms with E-state index in [0.29, 0.717) is 6.42 Å². The molecule has 0 saturated heterocycles. The minimum Gasteiger partial charge on any atom is -0.462 e. The highest BCUT2D eigenvalue weighted by atomic mass is 31.2. The maximum Gasteiger partial charge on any atom is 0.472 e. The summed E-state index contributed by atoms with van der Waals surface area (Å²) >= 11 is 0. The molecule has 0 radical (unpaired) electrons. The summed E-state index contributed by atoms with van der Waals surface area (Å²) in [6.45, 7) is 3.62. The van der Waals surface area contributed by atoms with E-state index in [4.69, 9.17) is 24.3 Å². The maximum absolute atomic E-state index is 12.6. The number of unbranched alkanes of at least 4 members (excludes halogenated alkanes) is 26. The number of esters is 2. The summed E-state index contributed by atoms with van der Waals surface area (Å²) in [6.07, 6.45) is 55.8. The Morgan fingerprint density at radius 2 is 0.902 bits per heavy atom. The van der Waals surface area contributed by atoms with Crippen LogP contribution < -0.4 is 5.73 Å². The van der Waals surface area contributed by atoms with E-state index in [-0.39, 0.29) is 38.6 Å². The minimum atomic E-state index is -4.39. The number of rotatable bonds is 47. The first-order valence-corrected chi connectivity index (χ1v) is 26.6. The predicted octanol–water partition coefficient (Wildman–Crippen LogP) is 15.1. The van der Waals surface area contributed by atoms with Crippen molar-refractivity contribution in [3.63, 3.8) is 0 Å².